The minimum absolute atomic E-state index is 0.0146. The van der Waals surface area contributed by atoms with E-state index in [0.29, 0.717) is 18.1 Å². The first-order valence-corrected chi connectivity index (χ1v) is 7.15. The quantitative estimate of drug-likeness (QED) is 0.915. The molecule has 0 bridgehead atoms. The van der Waals surface area contributed by atoms with Crippen LogP contribution in [0, 0.1) is 0 Å². The fourth-order valence-corrected chi connectivity index (χ4v) is 2.57. The van der Waals surface area contributed by atoms with E-state index in [1.807, 2.05) is 31.3 Å². The Labute approximate surface area is 125 Å². The summed E-state index contributed by atoms with van der Waals surface area (Å²) in [6.07, 6.45) is 1.83. The van der Waals surface area contributed by atoms with Gasteiger partial charge in [0.25, 0.3) is 5.56 Å². The van der Waals surface area contributed by atoms with Gasteiger partial charge in [-0.15, -0.1) is 0 Å². The van der Waals surface area contributed by atoms with Gasteiger partial charge < -0.3 is 9.88 Å². The first kappa shape index (κ1) is 14.2. The number of hydrogen-bond acceptors (Lipinski definition) is 2. The number of benzene rings is 1. The monoisotopic (exact) mass is 340 g/mol. The Bertz CT molecular complexity index is 640. The standard InChI is InChI=1S/C14H14BrClN2O/c1-2-18-9-12(5-6-14(18)19)17-8-10-3-4-11(16)7-13(10)15/h3-7,9,17H,2,8H2,1H3. The molecule has 2 rings (SSSR count). The van der Waals surface area contributed by atoms with E-state index < -0.39 is 0 Å². The molecule has 1 heterocycles. The Morgan fingerprint density at radius 3 is 2.79 bits per heavy atom. The third kappa shape index (κ3) is 3.61. The van der Waals surface area contributed by atoms with E-state index in [0.717, 1.165) is 15.7 Å². The Hall–Kier alpha value is -1.26. The van der Waals surface area contributed by atoms with Gasteiger partial charge in [0.2, 0.25) is 0 Å². The van der Waals surface area contributed by atoms with Crippen LogP contribution in [-0.4, -0.2) is 4.57 Å². The van der Waals surface area contributed by atoms with Crippen molar-refractivity contribution in [2.24, 2.45) is 0 Å². The lowest BCUT2D eigenvalue weighted by molar-refractivity contribution is 0.727. The van der Waals surface area contributed by atoms with Crippen LogP contribution in [0.5, 0.6) is 0 Å². The van der Waals surface area contributed by atoms with Crippen LogP contribution in [0.2, 0.25) is 5.02 Å². The molecular weight excluding hydrogens is 328 g/mol. The number of hydrogen-bond donors (Lipinski definition) is 1. The fourth-order valence-electron chi connectivity index (χ4n) is 1.75. The van der Waals surface area contributed by atoms with E-state index in [9.17, 15) is 4.79 Å². The number of rotatable bonds is 4. The van der Waals surface area contributed by atoms with Gasteiger partial charge in [-0.1, -0.05) is 33.6 Å². The zero-order valence-corrected chi connectivity index (χ0v) is 12.8. The molecule has 0 unspecified atom stereocenters. The molecule has 1 N–H and O–H groups in total. The van der Waals surface area contributed by atoms with Crippen molar-refractivity contribution in [3.63, 3.8) is 0 Å². The van der Waals surface area contributed by atoms with Crippen LogP contribution in [0.15, 0.2) is 45.8 Å². The summed E-state index contributed by atoms with van der Waals surface area (Å²) < 4.78 is 2.63. The lowest BCUT2D eigenvalue weighted by Gasteiger charge is -2.10. The molecular formula is C14H14BrClN2O. The summed E-state index contributed by atoms with van der Waals surface area (Å²) in [6.45, 7) is 3.28. The van der Waals surface area contributed by atoms with Crippen molar-refractivity contribution in [3.8, 4) is 0 Å². The summed E-state index contributed by atoms with van der Waals surface area (Å²) in [5.41, 5.74) is 2.04. The molecule has 19 heavy (non-hydrogen) atoms. The molecule has 2 aromatic rings. The van der Waals surface area contributed by atoms with Crippen LogP contribution in [0.1, 0.15) is 12.5 Å². The highest BCUT2D eigenvalue weighted by Crippen LogP contribution is 2.22. The smallest absolute Gasteiger partial charge is 0.250 e. The number of nitrogens with one attached hydrogen (secondary N) is 1. The summed E-state index contributed by atoms with van der Waals surface area (Å²) in [6, 6.07) is 9.05. The van der Waals surface area contributed by atoms with Gasteiger partial charge >= 0.3 is 0 Å². The molecule has 0 aliphatic rings. The molecule has 5 heteroatoms. The molecule has 0 aliphatic carbocycles. The third-order valence-corrected chi connectivity index (χ3v) is 3.80. The summed E-state index contributed by atoms with van der Waals surface area (Å²) in [4.78, 5) is 11.5. The van der Waals surface area contributed by atoms with Gasteiger partial charge in [-0.2, -0.15) is 0 Å². The van der Waals surface area contributed by atoms with Gasteiger partial charge in [0, 0.05) is 34.8 Å². The van der Waals surface area contributed by atoms with Crippen molar-refractivity contribution in [3.05, 3.63) is 61.9 Å². The molecule has 100 valence electrons. The van der Waals surface area contributed by atoms with E-state index in [1.165, 1.54) is 0 Å². The molecule has 0 spiro atoms. The van der Waals surface area contributed by atoms with Gasteiger partial charge in [0.05, 0.1) is 5.69 Å². The SMILES string of the molecule is CCn1cc(NCc2ccc(Cl)cc2Br)ccc1=O. The third-order valence-electron chi connectivity index (χ3n) is 2.82. The largest absolute Gasteiger partial charge is 0.380 e. The average molecular weight is 342 g/mol. The van der Waals surface area contributed by atoms with Crippen LogP contribution in [-0.2, 0) is 13.1 Å². The lowest BCUT2D eigenvalue weighted by atomic mass is 10.2. The number of nitrogens with zero attached hydrogens (tertiary/aromatic N) is 1. The molecule has 0 fully saturated rings. The first-order valence-electron chi connectivity index (χ1n) is 5.98. The Balaban J connectivity index is 2.12. The summed E-state index contributed by atoms with van der Waals surface area (Å²) in [5, 5.41) is 3.99. The van der Waals surface area contributed by atoms with Crippen LogP contribution >= 0.6 is 27.5 Å². The topological polar surface area (TPSA) is 34.0 Å². The normalized spacial score (nSPS) is 10.5. The number of aromatic nitrogens is 1. The van der Waals surface area contributed by atoms with Gasteiger partial charge in [-0.3, -0.25) is 4.79 Å². The van der Waals surface area contributed by atoms with E-state index in [2.05, 4.69) is 21.2 Å². The molecule has 0 saturated carbocycles. The van der Waals surface area contributed by atoms with Crippen molar-refractivity contribution in [1.29, 1.82) is 0 Å². The highest BCUT2D eigenvalue weighted by atomic mass is 79.9. The van der Waals surface area contributed by atoms with Gasteiger partial charge in [0.15, 0.2) is 0 Å². The minimum Gasteiger partial charge on any atom is -0.380 e. The van der Waals surface area contributed by atoms with Gasteiger partial charge in [-0.25, -0.2) is 0 Å². The lowest BCUT2D eigenvalue weighted by Crippen LogP contribution is -2.17. The number of halogens is 2. The first-order chi connectivity index (χ1) is 9.10. The summed E-state index contributed by atoms with van der Waals surface area (Å²) in [7, 11) is 0. The highest BCUT2D eigenvalue weighted by Gasteiger charge is 2.02. The van der Waals surface area contributed by atoms with Crippen molar-refractivity contribution in [2.75, 3.05) is 5.32 Å². The maximum atomic E-state index is 11.5. The molecule has 1 aromatic heterocycles. The van der Waals surface area contributed by atoms with Crippen molar-refractivity contribution < 1.29 is 0 Å². The molecule has 0 atom stereocenters. The number of pyridine rings is 1. The molecule has 0 saturated heterocycles. The molecule has 0 radical (unpaired) electrons. The van der Waals surface area contributed by atoms with Crippen LogP contribution in [0.4, 0.5) is 5.69 Å². The maximum Gasteiger partial charge on any atom is 0.250 e. The average Bonchev–Trinajstić information content (AvgIpc) is 2.39. The predicted molar refractivity (Wildman–Crippen MR) is 82.9 cm³/mol. The molecule has 0 aliphatic heterocycles. The molecule has 0 amide bonds. The second-order valence-corrected chi connectivity index (χ2v) is 5.42. The minimum atomic E-state index is 0.0146. The van der Waals surface area contributed by atoms with Crippen molar-refractivity contribution in [1.82, 2.24) is 4.57 Å². The fraction of sp³-hybridized carbons (Fsp3) is 0.214. The van der Waals surface area contributed by atoms with Crippen LogP contribution < -0.4 is 10.9 Å². The van der Waals surface area contributed by atoms with E-state index in [1.54, 1.807) is 16.7 Å². The predicted octanol–water partition coefficient (Wildman–Crippen LogP) is 3.90. The van der Waals surface area contributed by atoms with Crippen LogP contribution in [0.3, 0.4) is 0 Å². The Morgan fingerprint density at radius 2 is 2.11 bits per heavy atom. The van der Waals surface area contributed by atoms with Crippen molar-refractivity contribution in [2.45, 2.75) is 20.0 Å². The van der Waals surface area contributed by atoms with Gasteiger partial charge in [-0.05, 0) is 30.7 Å². The van der Waals surface area contributed by atoms with E-state index in [4.69, 9.17) is 11.6 Å². The van der Waals surface area contributed by atoms with E-state index in [-0.39, 0.29) is 5.56 Å². The molecule has 1 aromatic carbocycles. The Kier molecular flexibility index (Phi) is 4.66. The second kappa shape index (κ2) is 6.26. The maximum absolute atomic E-state index is 11.5. The van der Waals surface area contributed by atoms with Gasteiger partial charge in [0.1, 0.15) is 0 Å². The van der Waals surface area contributed by atoms with E-state index >= 15 is 0 Å². The molecule has 3 nitrogen and oxygen atoms in total. The second-order valence-electron chi connectivity index (χ2n) is 4.13. The van der Waals surface area contributed by atoms with Crippen LogP contribution in [0.25, 0.3) is 0 Å². The Morgan fingerprint density at radius 1 is 1.32 bits per heavy atom. The highest BCUT2D eigenvalue weighted by molar-refractivity contribution is 9.10. The summed E-state index contributed by atoms with van der Waals surface area (Å²) >= 11 is 9.38. The zero-order valence-electron chi connectivity index (χ0n) is 10.5. The van der Waals surface area contributed by atoms with Crippen molar-refractivity contribution >= 4 is 33.2 Å². The number of anilines is 1. The number of aryl methyl sites for hydroxylation is 1. The zero-order chi connectivity index (χ0) is 13.8. The summed E-state index contributed by atoms with van der Waals surface area (Å²) in [5.74, 6) is 0.